The van der Waals surface area contributed by atoms with Crippen molar-refractivity contribution in [1.29, 1.82) is 0 Å². The van der Waals surface area contributed by atoms with Crippen LogP contribution in [-0.4, -0.2) is 50.2 Å². The molecule has 3 rings (SSSR count). The predicted molar refractivity (Wildman–Crippen MR) is 98.3 cm³/mol. The molecule has 1 aliphatic rings. The third-order valence-corrected chi connectivity index (χ3v) is 6.73. The SMILES string of the molecule is CC(c1ccccc1)N1CCN(S(=O)(=O)c2ccccc2OC(F)(F)F)CC1. The maximum absolute atomic E-state index is 12.9. The van der Waals surface area contributed by atoms with Crippen LogP contribution >= 0.6 is 0 Å². The van der Waals surface area contributed by atoms with Crippen LogP contribution in [0.4, 0.5) is 13.2 Å². The fraction of sp³-hybridized carbons (Fsp3) is 0.368. The van der Waals surface area contributed by atoms with Gasteiger partial charge in [0.25, 0.3) is 0 Å². The number of nitrogens with zero attached hydrogens (tertiary/aromatic N) is 2. The third kappa shape index (κ3) is 4.65. The quantitative estimate of drug-likeness (QED) is 0.750. The Hall–Kier alpha value is -2.10. The van der Waals surface area contributed by atoms with Crippen LogP contribution < -0.4 is 4.74 Å². The molecular formula is C19H21F3N2O3S. The molecule has 28 heavy (non-hydrogen) atoms. The zero-order chi connectivity index (χ0) is 20.4. The molecule has 1 fully saturated rings. The zero-order valence-electron chi connectivity index (χ0n) is 15.3. The second-order valence-corrected chi connectivity index (χ2v) is 8.43. The average Bonchev–Trinajstić information content (AvgIpc) is 2.67. The molecule has 2 aromatic rings. The topological polar surface area (TPSA) is 49.9 Å². The van der Waals surface area contributed by atoms with Crippen LogP contribution in [0.1, 0.15) is 18.5 Å². The highest BCUT2D eigenvalue weighted by Crippen LogP contribution is 2.32. The van der Waals surface area contributed by atoms with Crippen molar-refractivity contribution in [3.63, 3.8) is 0 Å². The second-order valence-electron chi connectivity index (χ2n) is 6.52. The molecule has 0 amide bonds. The van der Waals surface area contributed by atoms with E-state index in [9.17, 15) is 21.6 Å². The molecule has 9 heteroatoms. The molecule has 1 atom stereocenters. The summed E-state index contributed by atoms with van der Waals surface area (Å²) in [5, 5.41) is 0. The van der Waals surface area contributed by atoms with Gasteiger partial charge < -0.3 is 4.74 Å². The van der Waals surface area contributed by atoms with Gasteiger partial charge >= 0.3 is 6.36 Å². The first kappa shape index (κ1) is 20.6. The van der Waals surface area contributed by atoms with Crippen LogP contribution in [-0.2, 0) is 10.0 Å². The van der Waals surface area contributed by atoms with Gasteiger partial charge in [-0.1, -0.05) is 42.5 Å². The van der Waals surface area contributed by atoms with Gasteiger partial charge in [0.05, 0.1) is 0 Å². The van der Waals surface area contributed by atoms with Crippen molar-refractivity contribution in [2.45, 2.75) is 24.2 Å². The Morgan fingerprint density at radius 3 is 2.11 bits per heavy atom. The number of ether oxygens (including phenoxy) is 1. The van der Waals surface area contributed by atoms with E-state index < -0.39 is 27.0 Å². The van der Waals surface area contributed by atoms with Crippen molar-refractivity contribution in [3.8, 4) is 5.75 Å². The standard InChI is InChI=1S/C19H21F3N2O3S/c1-15(16-7-3-2-4-8-16)23-11-13-24(14-12-23)28(25,26)18-10-6-5-9-17(18)27-19(20,21)22/h2-10,15H,11-14H2,1H3. The van der Waals surface area contributed by atoms with Gasteiger partial charge in [-0.25, -0.2) is 8.42 Å². The smallest absolute Gasteiger partial charge is 0.404 e. The first-order chi connectivity index (χ1) is 13.2. The van der Waals surface area contributed by atoms with Crippen molar-refractivity contribution in [1.82, 2.24) is 9.21 Å². The largest absolute Gasteiger partial charge is 0.573 e. The highest BCUT2D eigenvalue weighted by Gasteiger charge is 2.36. The zero-order valence-corrected chi connectivity index (χ0v) is 16.1. The Labute approximate surface area is 162 Å². The molecule has 2 aromatic carbocycles. The lowest BCUT2D eigenvalue weighted by molar-refractivity contribution is -0.275. The van der Waals surface area contributed by atoms with Gasteiger partial charge in [0, 0.05) is 32.2 Å². The van der Waals surface area contributed by atoms with Crippen molar-refractivity contribution >= 4 is 10.0 Å². The molecule has 0 bridgehead atoms. The van der Waals surface area contributed by atoms with E-state index in [0.717, 1.165) is 17.7 Å². The molecule has 0 spiro atoms. The fourth-order valence-corrected chi connectivity index (χ4v) is 4.82. The lowest BCUT2D eigenvalue weighted by Crippen LogP contribution is -2.49. The molecule has 0 saturated carbocycles. The van der Waals surface area contributed by atoms with Crippen LogP contribution in [0.15, 0.2) is 59.5 Å². The summed E-state index contributed by atoms with van der Waals surface area (Å²) < 4.78 is 68.8. The monoisotopic (exact) mass is 414 g/mol. The van der Waals surface area contributed by atoms with E-state index in [2.05, 4.69) is 9.64 Å². The number of halogens is 3. The number of rotatable bonds is 5. The molecule has 0 aromatic heterocycles. The minimum absolute atomic E-state index is 0.118. The van der Waals surface area contributed by atoms with Gasteiger partial charge in [-0.15, -0.1) is 13.2 Å². The predicted octanol–water partition coefficient (Wildman–Crippen LogP) is 3.65. The van der Waals surface area contributed by atoms with E-state index in [4.69, 9.17) is 0 Å². The maximum atomic E-state index is 12.9. The number of sulfonamides is 1. The van der Waals surface area contributed by atoms with Crippen molar-refractivity contribution < 1.29 is 26.3 Å². The Bertz CT molecular complexity index is 896. The van der Waals surface area contributed by atoms with Gasteiger partial charge in [-0.05, 0) is 24.6 Å². The van der Waals surface area contributed by atoms with Crippen LogP contribution in [0.2, 0.25) is 0 Å². The number of alkyl halides is 3. The van der Waals surface area contributed by atoms with E-state index in [1.807, 2.05) is 37.3 Å². The molecule has 0 radical (unpaired) electrons. The van der Waals surface area contributed by atoms with E-state index in [1.165, 1.54) is 16.4 Å². The molecule has 1 unspecified atom stereocenters. The van der Waals surface area contributed by atoms with Crippen LogP contribution in [0.3, 0.4) is 0 Å². The van der Waals surface area contributed by atoms with E-state index in [1.54, 1.807) is 0 Å². The van der Waals surface area contributed by atoms with Gasteiger partial charge in [-0.3, -0.25) is 4.90 Å². The highest BCUT2D eigenvalue weighted by atomic mass is 32.2. The lowest BCUT2D eigenvalue weighted by atomic mass is 10.1. The Balaban J connectivity index is 1.74. The van der Waals surface area contributed by atoms with Crippen molar-refractivity contribution in [2.75, 3.05) is 26.2 Å². The Morgan fingerprint density at radius 1 is 0.929 bits per heavy atom. The minimum Gasteiger partial charge on any atom is -0.404 e. The number of hydrogen-bond donors (Lipinski definition) is 0. The van der Waals surface area contributed by atoms with Gasteiger partial charge in [0.2, 0.25) is 10.0 Å². The average molecular weight is 414 g/mol. The van der Waals surface area contributed by atoms with E-state index in [-0.39, 0.29) is 19.1 Å². The molecule has 1 saturated heterocycles. The third-order valence-electron chi connectivity index (χ3n) is 4.80. The minimum atomic E-state index is -4.96. The number of benzene rings is 2. The summed E-state index contributed by atoms with van der Waals surface area (Å²) in [6, 6.07) is 14.8. The van der Waals surface area contributed by atoms with Crippen LogP contribution in [0.5, 0.6) is 5.75 Å². The van der Waals surface area contributed by atoms with Crippen molar-refractivity contribution in [3.05, 3.63) is 60.2 Å². The summed E-state index contributed by atoms with van der Waals surface area (Å²) in [7, 11) is -4.10. The molecule has 5 nitrogen and oxygen atoms in total. The normalized spacial score (nSPS) is 18.0. The van der Waals surface area contributed by atoms with Gasteiger partial charge in [-0.2, -0.15) is 4.31 Å². The number of para-hydroxylation sites is 1. The molecule has 1 heterocycles. The summed E-state index contributed by atoms with van der Waals surface area (Å²) in [4.78, 5) is 1.68. The summed E-state index contributed by atoms with van der Waals surface area (Å²) >= 11 is 0. The van der Waals surface area contributed by atoms with Gasteiger partial charge in [0.1, 0.15) is 10.6 Å². The number of hydrogen-bond acceptors (Lipinski definition) is 4. The molecule has 152 valence electrons. The molecule has 1 aliphatic heterocycles. The summed E-state index contributed by atoms with van der Waals surface area (Å²) in [5.74, 6) is -0.713. The molecule has 0 N–H and O–H groups in total. The van der Waals surface area contributed by atoms with Crippen LogP contribution in [0, 0.1) is 0 Å². The van der Waals surface area contributed by atoms with E-state index >= 15 is 0 Å². The number of piperazine rings is 1. The Kier molecular flexibility index (Phi) is 5.97. The van der Waals surface area contributed by atoms with Crippen LogP contribution in [0.25, 0.3) is 0 Å². The summed E-state index contributed by atoms with van der Waals surface area (Å²) in [6.07, 6.45) is -4.96. The summed E-state index contributed by atoms with van der Waals surface area (Å²) in [6.45, 7) is 3.40. The van der Waals surface area contributed by atoms with Gasteiger partial charge in [0.15, 0.2) is 0 Å². The van der Waals surface area contributed by atoms with E-state index in [0.29, 0.717) is 13.1 Å². The highest BCUT2D eigenvalue weighted by molar-refractivity contribution is 7.89. The molecule has 0 aliphatic carbocycles. The molecular weight excluding hydrogens is 393 g/mol. The maximum Gasteiger partial charge on any atom is 0.573 e. The lowest BCUT2D eigenvalue weighted by Gasteiger charge is -2.37. The first-order valence-corrected chi connectivity index (χ1v) is 10.3. The summed E-state index contributed by atoms with van der Waals surface area (Å²) in [5.41, 5.74) is 1.13. The van der Waals surface area contributed by atoms with Crippen molar-refractivity contribution in [2.24, 2.45) is 0 Å². The fourth-order valence-electron chi connectivity index (χ4n) is 3.28. The first-order valence-electron chi connectivity index (χ1n) is 8.82. The Morgan fingerprint density at radius 2 is 1.50 bits per heavy atom. The second kappa shape index (κ2) is 8.10.